The summed E-state index contributed by atoms with van der Waals surface area (Å²) in [6.07, 6.45) is 6.29. The number of carbonyl (C=O) groups is 1. The van der Waals surface area contributed by atoms with Gasteiger partial charge in [-0.05, 0) is 12.5 Å². The Kier molecular flexibility index (Phi) is 2.85. The maximum absolute atomic E-state index is 11.8. The van der Waals surface area contributed by atoms with Gasteiger partial charge in [-0.1, -0.05) is 0 Å². The van der Waals surface area contributed by atoms with E-state index in [4.69, 9.17) is 0 Å². The summed E-state index contributed by atoms with van der Waals surface area (Å²) < 4.78 is 3.42. The van der Waals surface area contributed by atoms with Crippen LogP contribution in [0.5, 0.6) is 0 Å². The summed E-state index contributed by atoms with van der Waals surface area (Å²) in [5.41, 5.74) is 1.74. The van der Waals surface area contributed by atoms with Crippen LogP contribution in [0.3, 0.4) is 0 Å². The lowest BCUT2D eigenvalue weighted by molar-refractivity contribution is 0.0982. The van der Waals surface area contributed by atoms with E-state index in [0.717, 1.165) is 5.69 Å². The van der Waals surface area contributed by atoms with Gasteiger partial charge < -0.3 is 0 Å². The fourth-order valence-corrected chi connectivity index (χ4v) is 1.60. The molecule has 0 saturated heterocycles. The third kappa shape index (κ3) is 2.18. The first-order chi connectivity index (χ1) is 7.66. The largest absolute Gasteiger partial charge is 0.294 e. The summed E-state index contributed by atoms with van der Waals surface area (Å²) in [5, 5.41) is 8.04. The predicted octanol–water partition coefficient (Wildman–Crippen LogP) is 0.969. The number of carbonyl (C=O) groups excluding carboxylic acids is 1. The number of hydrogen-bond acceptors (Lipinski definition) is 3. The molecule has 0 amide bonds. The van der Waals surface area contributed by atoms with Crippen LogP contribution in [0.15, 0.2) is 24.7 Å². The van der Waals surface area contributed by atoms with E-state index in [1.807, 2.05) is 13.1 Å². The zero-order chi connectivity index (χ0) is 11.5. The van der Waals surface area contributed by atoms with Crippen molar-refractivity contribution in [3.63, 3.8) is 0 Å². The number of Topliss-reactive ketones (excluding diaryl/α,β-unsaturated/α-hetero) is 1. The van der Waals surface area contributed by atoms with Gasteiger partial charge in [0.05, 0.1) is 11.8 Å². The standard InChI is InChI=1S/C11H14N4O/c1-14-8-9(7-13-14)11(16)4-3-10-5-6-12-15(10)2/h5-8H,3-4H2,1-2H3. The molecule has 0 fully saturated rings. The molecule has 2 aromatic heterocycles. The molecule has 0 N–H and O–H groups in total. The molecule has 0 saturated carbocycles. The van der Waals surface area contributed by atoms with E-state index < -0.39 is 0 Å². The minimum absolute atomic E-state index is 0.120. The Bertz CT molecular complexity index is 498. The van der Waals surface area contributed by atoms with Crippen LogP contribution in [0.1, 0.15) is 22.5 Å². The van der Waals surface area contributed by atoms with Crippen molar-refractivity contribution in [3.8, 4) is 0 Å². The highest BCUT2D eigenvalue weighted by Gasteiger charge is 2.09. The van der Waals surface area contributed by atoms with Crippen LogP contribution >= 0.6 is 0 Å². The van der Waals surface area contributed by atoms with Crippen molar-refractivity contribution in [2.24, 2.45) is 14.1 Å². The first-order valence-corrected chi connectivity index (χ1v) is 5.15. The highest BCUT2D eigenvalue weighted by atomic mass is 16.1. The van der Waals surface area contributed by atoms with Gasteiger partial charge in [0.1, 0.15) is 0 Å². The van der Waals surface area contributed by atoms with Crippen LogP contribution < -0.4 is 0 Å². The molecule has 84 valence electrons. The molecule has 0 aliphatic heterocycles. The molecule has 0 aromatic carbocycles. The maximum Gasteiger partial charge on any atom is 0.166 e. The minimum atomic E-state index is 0.120. The van der Waals surface area contributed by atoms with E-state index in [1.165, 1.54) is 0 Å². The van der Waals surface area contributed by atoms with Crippen molar-refractivity contribution >= 4 is 5.78 Å². The molecule has 0 radical (unpaired) electrons. The maximum atomic E-state index is 11.8. The Morgan fingerprint density at radius 1 is 1.38 bits per heavy atom. The SMILES string of the molecule is Cn1cc(C(=O)CCc2ccnn2C)cn1. The topological polar surface area (TPSA) is 52.7 Å². The van der Waals surface area contributed by atoms with Crippen LogP contribution in [0.2, 0.25) is 0 Å². The Morgan fingerprint density at radius 3 is 2.75 bits per heavy atom. The molecule has 0 bridgehead atoms. The van der Waals surface area contributed by atoms with Crippen molar-refractivity contribution < 1.29 is 4.79 Å². The molecule has 0 atom stereocenters. The zero-order valence-corrected chi connectivity index (χ0v) is 9.42. The molecule has 5 nitrogen and oxygen atoms in total. The molecular formula is C11H14N4O. The van der Waals surface area contributed by atoms with Crippen molar-refractivity contribution in [2.75, 3.05) is 0 Å². The number of rotatable bonds is 4. The highest BCUT2D eigenvalue weighted by molar-refractivity contribution is 5.95. The average molecular weight is 218 g/mol. The Balaban J connectivity index is 1.96. The Morgan fingerprint density at radius 2 is 2.19 bits per heavy atom. The fraction of sp³-hybridized carbons (Fsp3) is 0.364. The molecule has 5 heteroatoms. The van der Waals surface area contributed by atoms with Crippen LogP contribution in [0.4, 0.5) is 0 Å². The van der Waals surface area contributed by atoms with Gasteiger partial charge in [0, 0.05) is 38.6 Å². The molecule has 0 unspecified atom stereocenters. The molecule has 2 aromatic rings. The average Bonchev–Trinajstić information content (AvgIpc) is 2.84. The number of hydrogen-bond donors (Lipinski definition) is 0. The lowest BCUT2D eigenvalue weighted by Gasteiger charge is -2.00. The van der Waals surface area contributed by atoms with E-state index in [2.05, 4.69) is 10.2 Å². The number of ketones is 1. The summed E-state index contributed by atoms with van der Waals surface area (Å²) in [4.78, 5) is 11.8. The van der Waals surface area contributed by atoms with E-state index >= 15 is 0 Å². The van der Waals surface area contributed by atoms with Gasteiger partial charge in [-0.25, -0.2) is 0 Å². The van der Waals surface area contributed by atoms with Gasteiger partial charge in [-0.2, -0.15) is 10.2 Å². The summed E-state index contributed by atoms with van der Waals surface area (Å²) in [5.74, 6) is 0.120. The summed E-state index contributed by atoms with van der Waals surface area (Å²) in [6, 6.07) is 1.93. The Labute approximate surface area is 93.7 Å². The fourth-order valence-electron chi connectivity index (χ4n) is 1.60. The van der Waals surface area contributed by atoms with Crippen LogP contribution in [0.25, 0.3) is 0 Å². The molecular weight excluding hydrogens is 204 g/mol. The lowest BCUT2D eigenvalue weighted by Crippen LogP contribution is -2.04. The lowest BCUT2D eigenvalue weighted by atomic mass is 10.1. The molecule has 0 aliphatic rings. The molecule has 2 rings (SSSR count). The molecule has 16 heavy (non-hydrogen) atoms. The Hall–Kier alpha value is -1.91. The van der Waals surface area contributed by atoms with Crippen LogP contribution in [-0.2, 0) is 20.5 Å². The monoisotopic (exact) mass is 218 g/mol. The van der Waals surface area contributed by atoms with Crippen molar-refractivity contribution in [1.82, 2.24) is 19.6 Å². The number of aryl methyl sites for hydroxylation is 3. The summed E-state index contributed by atoms with van der Waals surface area (Å²) in [7, 11) is 3.68. The molecule has 0 aliphatic carbocycles. The van der Waals surface area contributed by atoms with Crippen molar-refractivity contribution in [3.05, 3.63) is 35.9 Å². The molecule has 2 heterocycles. The zero-order valence-electron chi connectivity index (χ0n) is 9.42. The third-order valence-corrected chi connectivity index (χ3v) is 2.56. The van der Waals surface area contributed by atoms with E-state index in [-0.39, 0.29) is 5.78 Å². The van der Waals surface area contributed by atoms with Crippen LogP contribution in [-0.4, -0.2) is 25.3 Å². The quantitative estimate of drug-likeness (QED) is 0.718. The van der Waals surface area contributed by atoms with Crippen LogP contribution in [0, 0.1) is 0 Å². The van der Waals surface area contributed by atoms with Gasteiger partial charge in [-0.15, -0.1) is 0 Å². The van der Waals surface area contributed by atoms with Gasteiger partial charge in [-0.3, -0.25) is 14.2 Å². The minimum Gasteiger partial charge on any atom is -0.294 e. The highest BCUT2D eigenvalue weighted by Crippen LogP contribution is 2.06. The van der Waals surface area contributed by atoms with Gasteiger partial charge in [0.2, 0.25) is 0 Å². The molecule has 0 spiro atoms. The second-order valence-corrected chi connectivity index (χ2v) is 3.77. The second-order valence-electron chi connectivity index (χ2n) is 3.77. The van der Waals surface area contributed by atoms with Crippen molar-refractivity contribution in [1.29, 1.82) is 0 Å². The van der Waals surface area contributed by atoms with Crippen molar-refractivity contribution in [2.45, 2.75) is 12.8 Å². The van der Waals surface area contributed by atoms with Gasteiger partial charge in [0.15, 0.2) is 5.78 Å². The predicted molar refractivity (Wildman–Crippen MR) is 59.1 cm³/mol. The number of aromatic nitrogens is 4. The second kappa shape index (κ2) is 4.30. The van der Waals surface area contributed by atoms with Gasteiger partial charge in [0.25, 0.3) is 0 Å². The van der Waals surface area contributed by atoms with E-state index in [0.29, 0.717) is 18.4 Å². The normalized spacial score (nSPS) is 10.6. The first kappa shape index (κ1) is 10.6. The summed E-state index contributed by atoms with van der Waals surface area (Å²) in [6.45, 7) is 0. The third-order valence-electron chi connectivity index (χ3n) is 2.56. The first-order valence-electron chi connectivity index (χ1n) is 5.15. The van der Waals surface area contributed by atoms with E-state index in [9.17, 15) is 4.79 Å². The van der Waals surface area contributed by atoms with E-state index in [1.54, 1.807) is 35.0 Å². The van der Waals surface area contributed by atoms with Gasteiger partial charge >= 0.3 is 0 Å². The number of nitrogens with zero attached hydrogens (tertiary/aromatic N) is 4. The summed E-state index contributed by atoms with van der Waals surface area (Å²) >= 11 is 0. The smallest absolute Gasteiger partial charge is 0.166 e.